The Balaban J connectivity index is 1.90. The minimum Gasteiger partial charge on any atom is -0.492 e. The molecule has 4 rings (SSSR count). The maximum Gasteiger partial charge on any atom is 0.145 e. The SMILES string of the molecule is CCOc1ccccc1-n1nc(-c2ccc(C)s2)c2c1NCCCC2. The molecule has 0 fully saturated rings. The molecule has 3 heterocycles. The van der Waals surface area contributed by atoms with Crippen molar-refractivity contribution in [3.63, 3.8) is 0 Å². The Bertz CT molecular complexity index is 881. The van der Waals surface area contributed by atoms with Crippen LogP contribution < -0.4 is 10.1 Å². The minimum atomic E-state index is 0.644. The number of ether oxygens (including phenoxy) is 1. The van der Waals surface area contributed by atoms with Crippen molar-refractivity contribution in [2.75, 3.05) is 18.5 Å². The predicted octanol–water partition coefficient (Wildman–Crippen LogP) is 5.06. The zero-order valence-corrected chi connectivity index (χ0v) is 15.5. The number of hydrogen-bond acceptors (Lipinski definition) is 4. The third kappa shape index (κ3) is 3.04. The summed E-state index contributed by atoms with van der Waals surface area (Å²) in [6.45, 7) is 5.79. The fourth-order valence-electron chi connectivity index (χ4n) is 3.35. The highest BCUT2D eigenvalue weighted by atomic mass is 32.1. The lowest BCUT2D eigenvalue weighted by molar-refractivity contribution is 0.338. The van der Waals surface area contributed by atoms with Crippen molar-refractivity contribution < 1.29 is 4.74 Å². The largest absolute Gasteiger partial charge is 0.492 e. The van der Waals surface area contributed by atoms with E-state index in [9.17, 15) is 0 Å². The van der Waals surface area contributed by atoms with Crippen LogP contribution in [-0.2, 0) is 6.42 Å². The van der Waals surface area contributed by atoms with Gasteiger partial charge in [-0.15, -0.1) is 11.3 Å². The predicted molar refractivity (Wildman–Crippen MR) is 104 cm³/mol. The molecule has 2 aromatic heterocycles. The molecule has 5 heteroatoms. The summed E-state index contributed by atoms with van der Waals surface area (Å²) in [4.78, 5) is 2.56. The molecule has 1 N–H and O–H groups in total. The van der Waals surface area contributed by atoms with E-state index in [1.54, 1.807) is 0 Å². The van der Waals surface area contributed by atoms with E-state index in [4.69, 9.17) is 9.84 Å². The smallest absolute Gasteiger partial charge is 0.145 e. The number of hydrogen-bond donors (Lipinski definition) is 1. The lowest BCUT2D eigenvalue weighted by atomic mass is 10.1. The van der Waals surface area contributed by atoms with Gasteiger partial charge in [0.05, 0.1) is 11.5 Å². The van der Waals surface area contributed by atoms with Crippen LogP contribution in [-0.4, -0.2) is 22.9 Å². The first kappa shape index (κ1) is 16.2. The van der Waals surface area contributed by atoms with Gasteiger partial charge >= 0.3 is 0 Å². The van der Waals surface area contributed by atoms with Crippen LogP contribution in [0.25, 0.3) is 16.3 Å². The summed E-state index contributed by atoms with van der Waals surface area (Å²) in [5.41, 5.74) is 3.42. The number of rotatable bonds is 4. The number of aryl methyl sites for hydroxylation is 1. The second kappa shape index (κ2) is 6.92. The van der Waals surface area contributed by atoms with Crippen LogP contribution in [0.5, 0.6) is 5.75 Å². The van der Waals surface area contributed by atoms with E-state index >= 15 is 0 Å². The van der Waals surface area contributed by atoms with Gasteiger partial charge < -0.3 is 10.1 Å². The summed E-state index contributed by atoms with van der Waals surface area (Å²) >= 11 is 1.81. The van der Waals surface area contributed by atoms with Gasteiger partial charge in [0.25, 0.3) is 0 Å². The van der Waals surface area contributed by atoms with Crippen molar-refractivity contribution in [2.45, 2.75) is 33.1 Å². The second-order valence-corrected chi connectivity index (χ2v) is 7.57. The normalized spacial score (nSPS) is 13.8. The van der Waals surface area contributed by atoms with Gasteiger partial charge in [-0.05, 0) is 57.4 Å². The summed E-state index contributed by atoms with van der Waals surface area (Å²) in [6.07, 6.45) is 3.44. The van der Waals surface area contributed by atoms with E-state index in [1.165, 1.54) is 28.2 Å². The number of thiophene rings is 1. The monoisotopic (exact) mass is 353 g/mol. The second-order valence-electron chi connectivity index (χ2n) is 6.28. The van der Waals surface area contributed by atoms with Gasteiger partial charge in [-0.3, -0.25) is 0 Å². The molecule has 0 amide bonds. The highest BCUT2D eigenvalue weighted by Crippen LogP contribution is 2.38. The van der Waals surface area contributed by atoms with Crippen LogP contribution in [0.4, 0.5) is 5.82 Å². The van der Waals surface area contributed by atoms with E-state index in [1.807, 2.05) is 41.1 Å². The van der Waals surface area contributed by atoms with Crippen molar-refractivity contribution in [2.24, 2.45) is 0 Å². The maximum atomic E-state index is 5.85. The Morgan fingerprint density at radius 2 is 2.08 bits per heavy atom. The maximum absolute atomic E-state index is 5.85. The van der Waals surface area contributed by atoms with Crippen molar-refractivity contribution >= 4 is 17.2 Å². The highest BCUT2D eigenvalue weighted by molar-refractivity contribution is 7.15. The van der Waals surface area contributed by atoms with Gasteiger partial charge in [-0.2, -0.15) is 5.10 Å². The van der Waals surface area contributed by atoms with Crippen molar-refractivity contribution in [3.05, 3.63) is 46.8 Å². The number of anilines is 1. The zero-order valence-electron chi connectivity index (χ0n) is 14.7. The molecule has 0 bridgehead atoms. The van der Waals surface area contributed by atoms with Crippen LogP contribution >= 0.6 is 11.3 Å². The molecule has 130 valence electrons. The Labute approximate surface area is 152 Å². The Hall–Kier alpha value is -2.27. The van der Waals surface area contributed by atoms with Crippen LogP contribution in [0, 0.1) is 6.92 Å². The molecule has 0 aliphatic carbocycles. The van der Waals surface area contributed by atoms with Gasteiger partial charge in [0.2, 0.25) is 0 Å². The van der Waals surface area contributed by atoms with Crippen LogP contribution in [0.2, 0.25) is 0 Å². The van der Waals surface area contributed by atoms with Gasteiger partial charge in [-0.25, -0.2) is 4.68 Å². The molecule has 25 heavy (non-hydrogen) atoms. The topological polar surface area (TPSA) is 39.1 Å². The van der Waals surface area contributed by atoms with Crippen LogP contribution in [0.3, 0.4) is 0 Å². The van der Waals surface area contributed by atoms with Crippen molar-refractivity contribution in [3.8, 4) is 22.0 Å². The molecule has 0 unspecified atom stereocenters. The molecule has 1 aliphatic heterocycles. The quantitative estimate of drug-likeness (QED) is 0.713. The minimum absolute atomic E-state index is 0.644. The Morgan fingerprint density at radius 1 is 1.20 bits per heavy atom. The molecule has 0 saturated heterocycles. The summed E-state index contributed by atoms with van der Waals surface area (Å²) in [5, 5.41) is 8.62. The fraction of sp³-hybridized carbons (Fsp3) is 0.350. The number of para-hydroxylation sites is 2. The first-order chi connectivity index (χ1) is 12.3. The van der Waals surface area contributed by atoms with E-state index in [0.717, 1.165) is 35.9 Å². The summed E-state index contributed by atoms with van der Waals surface area (Å²) in [7, 11) is 0. The summed E-state index contributed by atoms with van der Waals surface area (Å²) in [6, 6.07) is 12.5. The molecular formula is C20H23N3OS. The van der Waals surface area contributed by atoms with E-state index in [2.05, 4.69) is 30.4 Å². The molecule has 4 nitrogen and oxygen atoms in total. The van der Waals surface area contributed by atoms with E-state index in [-0.39, 0.29) is 0 Å². The average molecular weight is 353 g/mol. The third-order valence-electron chi connectivity index (χ3n) is 4.50. The Morgan fingerprint density at radius 3 is 2.88 bits per heavy atom. The number of nitrogens with zero attached hydrogens (tertiary/aromatic N) is 2. The molecule has 1 aromatic carbocycles. The van der Waals surface area contributed by atoms with Gasteiger partial charge in [-0.1, -0.05) is 12.1 Å². The zero-order chi connectivity index (χ0) is 17.2. The molecular weight excluding hydrogens is 330 g/mol. The number of nitrogens with one attached hydrogen (secondary N) is 1. The van der Waals surface area contributed by atoms with Crippen LogP contribution in [0.15, 0.2) is 36.4 Å². The molecule has 0 atom stereocenters. The fourth-order valence-corrected chi connectivity index (χ4v) is 4.23. The van der Waals surface area contributed by atoms with E-state index in [0.29, 0.717) is 6.61 Å². The number of aromatic nitrogens is 2. The summed E-state index contributed by atoms with van der Waals surface area (Å²) < 4.78 is 7.88. The molecule has 0 radical (unpaired) electrons. The molecule has 3 aromatic rings. The standard InChI is InChI=1S/C20H23N3OS/c1-3-24-17-10-5-4-9-16(17)23-20-15(8-6-7-13-21-20)19(22-23)18-12-11-14(2)25-18/h4-5,9-12,21H,3,6-8,13H2,1-2H3. The summed E-state index contributed by atoms with van der Waals surface area (Å²) in [5.74, 6) is 1.99. The third-order valence-corrected chi connectivity index (χ3v) is 5.50. The van der Waals surface area contributed by atoms with Gasteiger partial charge in [0.15, 0.2) is 0 Å². The van der Waals surface area contributed by atoms with Crippen molar-refractivity contribution in [1.82, 2.24) is 9.78 Å². The first-order valence-corrected chi connectivity index (χ1v) is 9.74. The molecule has 0 spiro atoms. The van der Waals surface area contributed by atoms with Gasteiger partial charge in [0, 0.05) is 17.0 Å². The molecule has 0 saturated carbocycles. The number of benzene rings is 1. The first-order valence-electron chi connectivity index (χ1n) is 8.92. The van der Waals surface area contributed by atoms with Crippen molar-refractivity contribution in [1.29, 1.82) is 0 Å². The average Bonchev–Trinajstić information content (AvgIpc) is 3.11. The Kier molecular flexibility index (Phi) is 4.49. The lowest BCUT2D eigenvalue weighted by Crippen LogP contribution is -2.08. The molecule has 1 aliphatic rings. The van der Waals surface area contributed by atoms with Crippen LogP contribution in [0.1, 0.15) is 30.2 Å². The van der Waals surface area contributed by atoms with Gasteiger partial charge in [0.1, 0.15) is 22.9 Å². The lowest BCUT2D eigenvalue weighted by Gasteiger charge is -2.13. The number of fused-ring (bicyclic) bond motifs is 1. The highest BCUT2D eigenvalue weighted by Gasteiger charge is 2.23. The van der Waals surface area contributed by atoms with E-state index < -0.39 is 0 Å².